The number of aryl methyl sites for hydroxylation is 1. The minimum absolute atomic E-state index is 0.0251. The zero-order valence-electron chi connectivity index (χ0n) is 17.9. The summed E-state index contributed by atoms with van der Waals surface area (Å²) in [6, 6.07) is 2.64. The van der Waals surface area contributed by atoms with E-state index in [9.17, 15) is 17.6 Å². The largest absolute Gasteiger partial charge is 0.352 e. The van der Waals surface area contributed by atoms with E-state index < -0.39 is 17.7 Å². The lowest BCUT2D eigenvalue weighted by Gasteiger charge is -2.29. The minimum atomic E-state index is -1.65. The van der Waals surface area contributed by atoms with Gasteiger partial charge < -0.3 is 9.47 Å². The monoisotopic (exact) mass is 438 g/mol. The van der Waals surface area contributed by atoms with E-state index in [1.807, 2.05) is 0 Å². The number of hydrogen-bond donors (Lipinski definition) is 0. The Morgan fingerprint density at radius 3 is 2.26 bits per heavy atom. The molecule has 0 amide bonds. The molecule has 6 heteroatoms. The number of rotatable bonds is 6. The first-order valence-electron chi connectivity index (χ1n) is 11.2. The molecule has 0 radical (unpaired) electrons. The summed E-state index contributed by atoms with van der Waals surface area (Å²) in [4.78, 5) is 0. The smallest absolute Gasteiger partial charge is 0.266 e. The molecule has 2 aliphatic rings. The standard InChI is InChI=1S/C25H30F4O2/c1-2-3-20-15-30-25(31-16-20)11-9-19-12-22(26)21(23(27)13-19)10-8-17-4-6-18(7-5-17)14-24(28)29/h12-14,17-18,20,25H,2-7,9,11,15-16H2,1H3. The van der Waals surface area contributed by atoms with E-state index in [0.29, 0.717) is 63.2 Å². The van der Waals surface area contributed by atoms with Crippen LogP contribution in [0.4, 0.5) is 17.6 Å². The van der Waals surface area contributed by atoms with Gasteiger partial charge in [0.1, 0.15) is 11.6 Å². The predicted octanol–water partition coefficient (Wildman–Crippen LogP) is 6.62. The molecule has 1 saturated carbocycles. The van der Waals surface area contributed by atoms with Gasteiger partial charge in [0.15, 0.2) is 6.29 Å². The first-order valence-corrected chi connectivity index (χ1v) is 11.2. The van der Waals surface area contributed by atoms with E-state index in [-0.39, 0.29) is 23.7 Å². The Morgan fingerprint density at radius 1 is 1.03 bits per heavy atom. The Balaban J connectivity index is 1.52. The lowest BCUT2D eigenvalue weighted by molar-refractivity contribution is -0.203. The molecule has 0 spiro atoms. The summed E-state index contributed by atoms with van der Waals surface area (Å²) < 4.78 is 65.1. The van der Waals surface area contributed by atoms with Crippen LogP contribution in [0, 0.1) is 41.2 Å². The van der Waals surface area contributed by atoms with Gasteiger partial charge in [-0.1, -0.05) is 25.2 Å². The highest BCUT2D eigenvalue weighted by molar-refractivity contribution is 5.39. The van der Waals surface area contributed by atoms with Crippen LogP contribution in [0.15, 0.2) is 24.3 Å². The van der Waals surface area contributed by atoms with Crippen molar-refractivity contribution in [2.75, 3.05) is 13.2 Å². The van der Waals surface area contributed by atoms with Gasteiger partial charge in [-0.05, 0) is 68.2 Å². The van der Waals surface area contributed by atoms with Crippen molar-refractivity contribution in [1.82, 2.24) is 0 Å². The molecule has 0 atom stereocenters. The van der Waals surface area contributed by atoms with E-state index in [1.165, 1.54) is 12.1 Å². The topological polar surface area (TPSA) is 18.5 Å². The number of benzene rings is 1. The third-order valence-electron chi connectivity index (χ3n) is 6.04. The fourth-order valence-corrected chi connectivity index (χ4v) is 4.28. The molecule has 31 heavy (non-hydrogen) atoms. The Bertz CT molecular complexity index is 784. The van der Waals surface area contributed by atoms with Crippen molar-refractivity contribution in [3.63, 3.8) is 0 Å². The quantitative estimate of drug-likeness (QED) is 0.367. The molecular weight excluding hydrogens is 408 g/mol. The lowest BCUT2D eigenvalue weighted by Crippen LogP contribution is -2.32. The average molecular weight is 439 g/mol. The second-order valence-corrected chi connectivity index (χ2v) is 8.56. The molecule has 0 bridgehead atoms. The summed E-state index contributed by atoms with van der Waals surface area (Å²) >= 11 is 0. The molecule has 170 valence electrons. The van der Waals surface area contributed by atoms with Gasteiger partial charge in [-0.25, -0.2) is 8.78 Å². The van der Waals surface area contributed by atoms with E-state index >= 15 is 0 Å². The van der Waals surface area contributed by atoms with Crippen LogP contribution in [-0.2, 0) is 15.9 Å². The maximum absolute atomic E-state index is 14.5. The van der Waals surface area contributed by atoms with Crippen molar-refractivity contribution in [2.24, 2.45) is 17.8 Å². The number of halogens is 4. The van der Waals surface area contributed by atoms with Gasteiger partial charge >= 0.3 is 0 Å². The highest BCUT2D eigenvalue weighted by Gasteiger charge is 2.22. The maximum atomic E-state index is 14.5. The minimum Gasteiger partial charge on any atom is -0.352 e. The molecule has 1 aromatic carbocycles. The number of allylic oxidation sites excluding steroid dienone is 1. The molecule has 1 aliphatic heterocycles. The van der Waals surface area contributed by atoms with Crippen LogP contribution in [0.3, 0.4) is 0 Å². The third kappa shape index (κ3) is 7.36. The summed E-state index contributed by atoms with van der Waals surface area (Å²) in [6.07, 6.45) is 4.70. The van der Waals surface area contributed by atoms with E-state index in [2.05, 4.69) is 18.8 Å². The molecule has 2 fully saturated rings. The SMILES string of the molecule is CCCC1COC(CCc2cc(F)c(C#CC3CCC(C=C(F)F)CC3)c(F)c2)OC1. The van der Waals surface area contributed by atoms with Crippen molar-refractivity contribution in [2.45, 2.75) is 64.6 Å². The fraction of sp³-hybridized carbons (Fsp3) is 0.600. The summed E-state index contributed by atoms with van der Waals surface area (Å²) in [5.74, 6) is 4.49. The van der Waals surface area contributed by atoms with Crippen LogP contribution in [0.1, 0.15) is 63.0 Å². The van der Waals surface area contributed by atoms with Crippen molar-refractivity contribution >= 4 is 0 Å². The summed E-state index contributed by atoms with van der Waals surface area (Å²) in [5.41, 5.74) is 0.317. The second-order valence-electron chi connectivity index (χ2n) is 8.56. The Hall–Kier alpha value is -1.84. The Morgan fingerprint density at radius 2 is 1.68 bits per heavy atom. The average Bonchev–Trinajstić information content (AvgIpc) is 2.74. The van der Waals surface area contributed by atoms with Gasteiger partial charge in [0.25, 0.3) is 6.08 Å². The molecule has 1 heterocycles. The predicted molar refractivity (Wildman–Crippen MR) is 111 cm³/mol. The van der Waals surface area contributed by atoms with Gasteiger partial charge in [-0.15, -0.1) is 0 Å². The van der Waals surface area contributed by atoms with Crippen LogP contribution in [-0.4, -0.2) is 19.5 Å². The summed E-state index contributed by atoms with van der Waals surface area (Å²) in [6.45, 7) is 3.45. The maximum Gasteiger partial charge on any atom is 0.266 e. The first kappa shape index (κ1) is 23.8. The lowest BCUT2D eigenvalue weighted by atomic mass is 9.82. The third-order valence-corrected chi connectivity index (χ3v) is 6.04. The number of ether oxygens (including phenoxy) is 2. The van der Waals surface area contributed by atoms with Crippen LogP contribution in [0.25, 0.3) is 0 Å². The van der Waals surface area contributed by atoms with Gasteiger partial charge in [-0.3, -0.25) is 0 Å². The van der Waals surface area contributed by atoms with Gasteiger partial charge in [-0.2, -0.15) is 8.78 Å². The van der Waals surface area contributed by atoms with E-state index in [4.69, 9.17) is 9.47 Å². The van der Waals surface area contributed by atoms with Crippen molar-refractivity contribution < 1.29 is 27.0 Å². The first-order chi connectivity index (χ1) is 14.9. The second kappa shape index (κ2) is 11.7. The van der Waals surface area contributed by atoms with Gasteiger partial charge in [0.05, 0.1) is 18.8 Å². The normalized spacial score (nSPS) is 26.1. The molecular formula is C25H30F4O2. The molecule has 0 aromatic heterocycles. The van der Waals surface area contributed by atoms with Gasteiger partial charge in [0.2, 0.25) is 0 Å². The van der Waals surface area contributed by atoms with Crippen LogP contribution in [0.5, 0.6) is 0 Å². The molecule has 1 saturated heterocycles. The fourth-order valence-electron chi connectivity index (χ4n) is 4.28. The number of hydrogen-bond acceptors (Lipinski definition) is 2. The van der Waals surface area contributed by atoms with Gasteiger partial charge in [0, 0.05) is 18.3 Å². The van der Waals surface area contributed by atoms with Crippen LogP contribution >= 0.6 is 0 Å². The molecule has 3 rings (SSSR count). The van der Waals surface area contributed by atoms with Crippen molar-refractivity contribution in [3.05, 3.63) is 47.1 Å². The highest BCUT2D eigenvalue weighted by Crippen LogP contribution is 2.30. The van der Waals surface area contributed by atoms with E-state index in [1.54, 1.807) is 0 Å². The Kier molecular flexibility index (Phi) is 8.98. The molecule has 0 unspecified atom stereocenters. The van der Waals surface area contributed by atoms with Crippen LogP contribution < -0.4 is 0 Å². The van der Waals surface area contributed by atoms with E-state index in [0.717, 1.165) is 18.9 Å². The zero-order chi connectivity index (χ0) is 22.2. The molecule has 2 nitrogen and oxygen atoms in total. The zero-order valence-corrected chi connectivity index (χ0v) is 17.9. The highest BCUT2D eigenvalue weighted by atomic mass is 19.3. The van der Waals surface area contributed by atoms with Crippen molar-refractivity contribution in [3.8, 4) is 11.8 Å². The molecule has 1 aliphatic carbocycles. The van der Waals surface area contributed by atoms with Crippen LogP contribution in [0.2, 0.25) is 0 Å². The molecule has 0 N–H and O–H groups in total. The Labute approximate surface area is 182 Å². The van der Waals surface area contributed by atoms with Crippen molar-refractivity contribution in [1.29, 1.82) is 0 Å². The summed E-state index contributed by atoms with van der Waals surface area (Å²) in [5, 5.41) is 0. The molecule has 1 aromatic rings. The summed E-state index contributed by atoms with van der Waals surface area (Å²) in [7, 11) is 0.